The van der Waals surface area contributed by atoms with E-state index in [1.165, 1.54) is 4.90 Å². The van der Waals surface area contributed by atoms with E-state index in [9.17, 15) is 19.2 Å². The molecular weight excluding hydrogens is 384 g/mol. The topological polar surface area (TPSA) is 92.8 Å². The molecular formula is C23H26N2O5. The molecule has 0 atom stereocenters. The first-order chi connectivity index (χ1) is 14.2. The molecule has 0 aromatic heterocycles. The summed E-state index contributed by atoms with van der Waals surface area (Å²) in [7, 11) is 0. The predicted octanol–water partition coefficient (Wildman–Crippen LogP) is 3.06. The van der Waals surface area contributed by atoms with Crippen LogP contribution in [-0.4, -0.2) is 47.3 Å². The fourth-order valence-electron chi connectivity index (χ4n) is 3.39. The van der Waals surface area contributed by atoms with Crippen molar-refractivity contribution in [2.75, 3.05) is 13.2 Å². The summed E-state index contributed by atoms with van der Waals surface area (Å²) in [6.07, 6.45) is 1.02. The van der Waals surface area contributed by atoms with Crippen LogP contribution in [0.15, 0.2) is 36.4 Å². The van der Waals surface area contributed by atoms with Crippen LogP contribution < -0.4 is 5.32 Å². The Morgan fingerprint density at radius 3 is 2.20 bits per heavy atom. The molecule has 1 aliphatic rings. The number of imide groups is 1. The molecule has 0 unspecified atom stereocenters. The molecule has 158 valence electrons. The second-order valence-corrected chi connectivity index (χ2v) is 8.02. The molecule has 0 bridgehead atoms. The number of carbonyl (C=O) groups is 4. The highest BCUT2D eigenvalue weighted by Gasteiger charge is 2.32. The lowest BCUT2D eigenvalue weighted by molar-refractivity contribution is -0.149. The van der Waals surface area contributed by atoms with Crippen LogP contribution in [0.4, 0.5) is 0 Å². The van der Waals surface area contributed by atoms with Gasteiger partial charge >= 0.3 is 5.97 Å². The number of nitrogens with one attached hydrogen (secondary N) is 1. The molecule has 1 N–H and O–H groups in total. The van der Waals surface area contributed by atoms with Crippen molar-refractivity contribution in [3.63, 3.8) is 0 Å². The molecule has 2 aromatic carbocycles. The van der Waals surface area contributed by atoms with Gasteiger partial charge in [0.05, 0.1) is 0 Å². The van der Waals surface area contributed by atoms with Crippen LogP contribution >= 0.6 is 0 Å². The quantitative estimate of drug-likeness (QED) is 0.533. The first-order valence-electron chi connectivity index (χ1n) is 10.1. The molecule has 0 saturated heterocycles. The van der Waals surface area contributed by atoms with Crippen LogP contribution in [-0.2, 0) is 14.3 Å². The Hall–Kier alpha value is -3.22. The summed E-state index contributed by atoms with van der Waals surface area (Å²) in [6, 6.07) is 10.7. The Labute approximate surface area is 175 Å². The summed E-state index contributed by atoms with van der Waals surface area (Å²) >= 11 is 0. The van der Waals surface area contributed by atoms with Gasteiger partial charge in [0.1, 0.15) is 0 Å². The lowest BCUT2D eigenvalue weighted by atomic mass is 9.94. The standard InChI is InChI=1S/C23H26N2O5/c1-4-23(2,3)24-18(26)14-30-19(27)12-7-13-25-21(28)16-10-5-8-15-9-6-11-17(20(15)16)22(25)29/h5-6,8-11H,4,7,12-14H2,1-3H3,(H,24,26). The van der Waals surface area contributed by atoms with E-state index in [-0.39, 0.29) is 49.3 Å². The van der Waals surface area contributed by atoms with Crippen LogP contribution in [0.5, 0.6) is 0 Å². The summed E-state index contributed by atoms with van der Waals surface area (Å²) < 4.78 is 5.00. The summed E-state index contributed by atoms with van der Waals surface area (Å²) in [4.78, 5) is 50.6. The van der Waals surface area contributed by atoms with Gasteiger partial charge in [-0.2, -0.15) is 0 Å². The molecule has 2 aromatic rings. The SMILES string of the molecule is CCC(C)(C)NC(=O)COC(=O)CCCN1C(=O)c2cccc3cccc(c23)C1=O. The van der Waals surface area contributed by atoms with Gasteiger partial charge in [0.25, 0.3) is 17.7 Å². The third kappa shape index (κ3) is 4.50. The van der Waals surface area contributed by atoms with Crippen molar-refractivity contribution >= 4 is 34.5 Å². The molecule has 7 nitrogen and oxygen atoms in total. The van der Waals surface area contributed by atoms with E-state index in [0.717, 1.165) is 11.8 Å². The smallest absolute Gasteiger partial charge is 0.306 e. The molecule has 7 heteroatoms. The van der Waals surface area contributed by atoms with Crippen LogP contribution in [0.25, 0.3) is 10.8 Å². The van der Waals surface area contributed by atoms with E-state index in [1.807, 2.05) is 32.9 Å². The molecule has 0 saturated carbocycles. The average Bonchev–Trinajstić information content (AvgIpc) is 2.72. The van der Waals surface area contributed by atoms with Crippen LogP contribution in [0.2, 0.25) is 0 Å². The van der Waals surface area contributed by atoms with Crippen LogP contribution in [0.1, 0.15) is 60.7 Å². The van der Waals surface area contributed by atoms with Crippen molar-refractivity contribution in [1.82, 2.24) is 10.2 Å². The maximum Gasteiger partial charge on any atom is 0.306 e. The van der Waals surface area contributed by atoms with Gasteiger partial charge in [0.15, 0.2) is 6.61 Å². The highest BCUT2D eigenvalue weighted by Crippen LogP contribution is 2.30. The summed E-state index contributed by atoms with van der Waals surface area (Å²) in [5.41, 5.74) is 0.610. The minimum atomic E-state index is -0.543. The van der Waals surface area contributed by atoms with Crippen molar-refractivity contribution in [1.29, 1.82) is 0 Å². The van der Waals surface area contributed by atoms with E-state index in [4.69, 9.17) is 4.74 Å². The Bertz CT molecular complexity index is 961. The minimum Gasteiger partial charge on any atom is -0.456 e. The lowest BCUT2D eigenvalue weighted by Gasteiger charge is -2.27. The van der Waals surface area contributed by atoms with Crippen molar-refractivity contribution in [2.45, 2.75) is 45.6 Å². The number of esters is 1. The second kappa shape index (κ2) is 8.65. The van der Waals surface area contributed by atoms with Gasteiger partial charge in [0, 0.05) is 35.0 Å². The zero-order valence-corrected chi connectivity index (χ0v) is 17.5. The van der Waals surface area contributed by atoms with E-state index in [1.54, 1.807) is 24.3 Å². The maximum absolute atomic E-state index is 12.8. The number of hydrogen-bond donors (Lipinski definition) is 1. The molecule has 1 heterocycles. The Kier molecular flexibility index (Phi) is 6.20. The van der Waals surface area contributed by atoms with Gasteiger partial charge in [-0.1, -0.05) is 31.2 Å². The number of rotatable bonds is 8. The first-order valence-corrected chi connectivity index (χ1v) is 10.1. The van der Waals surface area contributed by atoms with Crippen LogP contribution in [0, 0.1) is 0 Å². The summed E-state index contributed by atoms with van der Waals surface area (Å²) in [5.74, 6) is -1.63. The lowest BCUT2D eigenvalue weighted by Crippen LogP contribution is -2.44. The molecule has 0 spiro atoms. The molecule has 1 aliphatic heterocycles. The number of nitrogens with zero attached hydrogens (tertiary/aromatic N) is 1. The van der Waals surface area contributed by atoms with Crippen molar-refractivity contribution in [3.05, 3.63) is 47.5 Å². The van der Waals surface area contributed by atoms with Crippen molar-refractivity contribution in [2.24, 2.45) is 0 Å². The highest BCUT2D eigenvalue weighted by molar-refractivity contribution is 6.25. The Morgan fingerprint density at radius 1 is 1.03 bits per heavy atom. The van der Waals surface area contributed by atoms with Crippen molar-refractivity contribution in [3.8, 4) is 0 Å². The fourth-order valence-corrected chi connectivity index (χ4v) is 3.39. The largest absolute Gasteiger partial charge is 0.456 e. The Balaban J connectivity index is 1.54. The third-order valence-electron chi connectivity index (χ3n) is 5.34. The van der Waals surface area contributed by atoms with E-state index >= 15 is 0 Å². The maximum atomic E-state index is 12.8. The molecule has 0 fully saturated rings. The third-order valence-corrected chi connectivity index (χ3v) is 5.34. The monoisotopic (exact) mass is 410 g/mol. The van der Waals surface area contributed by atoms with Crippen LogP contribution in [0.3, 0.4) is 0 Å². The molecule has 0 aliphatic carbocycles. The summed E-state index contributed by atoms with van der Waals surface area (Å²) in [6.45, 7) is 5.48. The molecule has 0 radical (unpaired) electrons. The molecule has 30 heavy (non-hydrogen) atoms. The number of amides is 3. The number of ether oxygens (including phenoxy) is 1. The predicted molar refractivity (Wildman–Crippen MR) is 112 cm³/mol. The number of hydrogen-bond acceptors (Lipinski definition) is 5. The first kappa shape index (κ1) is 21.5. The summed E-state index contributed by atoms with van der Waals surface area (Å²) in [5, 5.41) is 4.31. The molecule has 3 rings (SSSR count). The van der Waals surface area contributed by atoms with Gasteiger partial charge in [-0.15, -0.1) is 0 Å². The fraction of sp³-hybridized carbons (Fsp3) is 0.391. The number of benzene rings is 2. The van der Waals surface area contributed by atoms with E-state index in [2.05, 4.69) is 5.32 Å². The minimum absolute atomic E-state index is 0.00730. The second-order valence-electron chi connectivity index (χ2n) is 8.02. The van der Waals surface area contributed by atoms with Gasteiger partial charge in [-0.05, 0) is 44.2 Å². The number of carbonyl (C=O) groups excluding carboxylic acids is 4. The van der Waals surface area contributed by atoms with E-state index in [0.29, 0.717) is 16.5 Å². The Morgan fingerprint density at radius 2 is 1.63 bits per heavy atom. The highest BCUT2D eigenvalue weighted by atomic mass is 16.5. The zero-order valence-electron chi connectivity index (χ0n) is 17.5. The van der Waals surface area contributed by atoms with E-state index < -0.39 is 5.97 Å². The zero-order chi connectivity index (χ0) is 21.9. The van der Waals surface area contributed by atoms with Gasteiger partial charge in [-0.25, -0.2) is 0 Å². The average molecular weight is 410 g/mol. The van der Waals surface area contributed by atoms with Gasteiger partial charge in [-0.3, -0.25) is 24.1 Å². The van der Waals surface area contributed by atoms with Crippen molar-refractivity contribution < 1.29 is 23.9 Å². The molecule has 3 amide bonds. The van der Waals surface area contributed by atoms with Gasteiger partial charge < -0.3 is 10.1 Å². The normalized spacial score (nSPS) is 13.5. The van der Waals surface area contributed by atoms with Gasteiger partial charge in [0.2, 0.25) is 0 Å².